The summed E-state index contributed by atoms with van der Waals surface area (Å²) in [5.41, 5.74) is 1.16. The van der Waals surface area contributed by atoms with Crippen LogP contribution in [0.15, 0.2) is 11.6 Å². The molecule has 2 aliphatic carbocycles. The molecule has 0 aliphatic heterocycles. The fourth-order valence-electron chi connectivity index (χ4n) is 3.18. The monoisotopic (exact) mass is 220 g/mol. The molecule has 2 atom stereocenters. The molecule has 2 rings (SSSR count). The Morgan fingerprint density at radius 3 is 2.88 bits per heavy atom. The Morgan fingerprint density at radius 2 is 2.06 bits per heavy atom. The van der Waals surface area contributed by atoms with Crippen LogP contribution in [0.1, 0.15) is 64.7 Å². The van der Waals surface area contributed by atoms with Crippen molar-refractivity contribution in [2.75, 3.05) is 0 Å². The molecular weight excluding hydrogens is 196 g/mol. The maximum atomic E-state index is 12.0. The largest absolute Gasteiger partial charge is 0.294 e. The number of carbonyl (C=O) groups excluding carboxylic acids is 1. The average Bonchev–Trinajstić information content (AvgIpc) is 2.69. The van der Waals surface area contributed by atoms with Crippen LogP contribution in [0.4, 0.5) is 0 Å². The van der Waals surface area contributed by atoms with Crippen molar-refractivity contribution in [1.82, 2.24) is 0 Å². The van der Waals surface area contributed by atoms with Crippen LogP contribution in [0, 0.1) is 11.8 Å². The zero-order valence-corrected chi connectivity index (χ0v) is 10.5. The number of rotatable bonds is 6. The summed E-state index contributed by atoms with van der Waals surface area (Å²) in [6.45, 7) is 2.24. The van der Waals surface area contributed by atoms with Crippen molar-refractivity contribution in [2.24, 2.45) is 11.8 Å². The van der Waals surface area contributed by atoms with Crippen molar-refractivity contribution in [1.29, 1.82) is 0 Å². The third-order valence-corrected chi connectivity index (χ3v) is 4.17. The highest BCUT2D eigenvalue weighted by Crippen LogP contribution is 2.40. The van der Waals surface area contributed by atoms with Crippen LogP contribution in [0.25, 0.3) is 0 Å². The molecule has 0 aromatic heterocycles. The van der Waals surface area contributed by atoms with Gasteiger partial charge < -0.3 is 0 Å². The van der Waals surface area contributed by atoms with Crippen LogP contribution in [0.2, 0.25) is 0 Å². The van der Waals surface area contributed by atoms with Gasteiger partial charge in [0.15, 0.2) is 5.78 Å². The number of hydrogen-bond donors (Lipinski definition) is 0. The topological polar surface area (TPSA) is 17.1 Å². The standard InChI is InChI=1S/C15H24O/c1-2-3-4-5-6-7-13-10-12-8-9-14(11-12)15(13)16/h9,12-13H,2-8,10-11H2,1H3. The summed E-state index contributed by atoms with van der Waals surface area (Å²) in [7, 11) is 0. The Morgan fingerprint density at radius 1 is 1.25 bits per heavy atom. The molecule has 0 aromatic carbocycles. The van der Waals surface area contributed by atoms with Crippen LogP contribution in [0.3, 0.4) is 0 Å². The zero-order chi connectivity index (χ0) is 11.4. The van der Waals surface area contributed by atoms with Gasteiger partial charge in [0.2, 0.25) is 0 Å². The Balaban J connectivity index is 1.70. The number of hydrogen-bond acceptors (Lipinski definition) is 1. The first kappa shape index (κ1) is 11.9. The van der Waals surface area contributed by atoms with E-state index in [9.17, 15) is 4.79 Å². The van der Waals surface area contributed by atoms with E-state index in [0.717, 1.165) is 24.3 Å². The molecule has 0 heterocycles. The second kappa shape index (κ2) is 5.65. The molecule has 2 unspecified atom stereocenters. The predicted octanol–water partition coefficient (Wildman–Crippen LogP) is 4.27. The van der Waals surface area contributed by atoms with E-state index in [-0.39, 0.29) is 0 Å². The molecule has 0 amide bonds. The second-order valence-electron chi connectivity index (χ2n) is 5.53. The van der Waals surface area contributed by atoms with Crippen molar-refractivity contribution < 1.29 is 4.79 Å². The van der Waals surface area contributed by atoms with Gasteiger partial charge in [0, 0.05) is 5.92 Å². The first-order valence-electron chi connectivity index (χ1n) is 7.04. The SMILES string of the molecule is CCCCCCCC1CC2CC=C(C2)C1=O. The highest BCUT2D eigenvalue weighted by Gasteiger charge is 2.34. The van der Waals surface area contributed by atoms with Crippen LogP contribution < -0.4 is 0 Å². The van der Waals surface area contributed by atoms with Gasteiger partial charge in [-0.2, -0.15) is 0 Å². The number of fused-ring (bicyclic) bond motifs is 2. The number of allylic oxidation sites excluding steroid dienone is 2. The molecule has 16 heavy (non-hydrogen) atoms. The minimum atomic E-state index is 0.383. The molecule has 0 saturated heterocycles. The Kier molecular flexibility index (Phi) is 4.20. The van der Waals surface area contributed by atoms with Crippen LogP contribution >= 0.6 is 0 Å². The van der Waals surface area contributed by atoms with Gasteiger partial charge in [-0.15, -0.1) is 0 Å². The molecule has 1 nitrogen and oxygen atoms in total. The Labute approximate surface area is 99.3 Å². The van der Waals surface area contributed by atoms with Gasteiger partial charge in [-0.25, -0.2) is 0 Å². The van der Waals surface area contributed by atoms with Gasteiger partial charge in [-0.05, 0) is 37.2 Å². The minimum absolute atomic E-state index is 0.383. The maximum absolute atomic E-state index is 12.0. The number of Topliss-reactive ketones (excluding diaryl/α,β-unsaturated/α-hetero) is 1. The molecule has 1 heteroatoms. The van der Waals surface area contributed by atoms with Gasteiger partial charge in [0.1, 0.15) is 0 Å². The summed E-state index contributed by atoms with van der Waals surface area (Å²) < 4.78 is 0. The molecule has 2 bridgehead atoms. The lowest BCUT2D eigenvalue weighted by Gasteiger charge is -2.24. The summed E-state index contributed by atoms with van der Waals surface area (Å²) in [6.07, 6.45) is 13.4. The van der Waals surface area contributed by atoms with E-state index in [2.05, 4.69) is 13.0 Å². The Hall–Kier alpha value is -0.590. The van der Waals surface area contributed by atoms with E-state index in [0.29, 0.717) is 11.7 Å². The quantitative estimate of drug-likeness (QED) is 0.611. The van der Waals surface area contributed by atoms with E-state index in [4.69, 9.17) is 0 Å². The van der Waals surface area contributed by atoms with Crippen molar-refractivity contribution in [2.45, 2.75) is 64.7 Å². The lowest BCUT2D eigenvalue weighted by molar-refractivity contribution is -0.121. The lowest BCUT2D eigenvalue weighted by atomic mass is 9.79. The van der Waals surface area contributed by atoms with Gasteiger partial charge >= 0.3 is 0 Å². The fourth-order valence-corrected chi connectivity index (χ4v) is 3.18. The van der Waals surface area contributed by atoms with Gasteiger partial charge in [-0.1, -0.05) is 45.1 Å². The van der Waals surface area contributed by atoms with Crippen LogP contribution in [-0.4, -0.2) is 5.78 Å². The van der Waals surface area contributed by atoms with E-state index in [1.54, 1.807) is 0 Å². The van der Waals surface area contributed by atoms with Crippen molar-refractivity contribution >= 4 is 5.78 Å². The normalized spacial score (nSPS) is 28.3. The molecule has 0 N–H and O–H groups in total. The van der Waals surface area contributed by atoms with Gasteiger partial charge in [0.25, 0.3) is 0 Å². The highest BCUT2D eigenvalue weighted by atomic mass is 16.1. The van der Waals surface area contributed by atoms with E-state index in [1.165, 1.54) is 44.9 Å². The third kappa shape index (κ3) is 2.75. The first-order chi connectivity index (χ1) is 7.81. The smallest absolute Gasteiger partial charge is 0.161 e. The van der Waals surface area contributed by atoms with Crippen molar-refractivity contribution in [3.63, 3.8) is 0 Å². The summed E-state index contributed by atoms with van der Waals surface area (Å²) in [5.74, 6) is 1.69. The fraction of sp³-hybridized carbons (Fsp3) is 0.800. The molecule has 1 fully saturated rings. The molecule has 0 radical (unpaired) electrons. The number of ketones is 1. The second-order valence-corrected chi connectivity index (χ2v) is 5.53. The van der Waals surface area contributed by atoms with Crippen molar-refractivity contribution in [3.05, 3.63) is 11.6 Å². The molecule has 0 spiro atoms. The number of carbonyl (C=O) groups is 1. The summed E-state index contributed by atoms with van der Waals surface area (Å²) >= 11 is 0. The summed E-state index contributed by atoms with van der Waals surface area (Å²) in [6, 6.07) is 0. The Bertz CT molecular complexity index is 277. The van der Waals surface area contributed by atoms with Crippen LogP contribution in [-0.2, 0) is 4.79 Å². The third-order valence-electron chi connectivity index (χ3n) is 4.17. The number of unbranched alkanes of at least 4 members (excludes halogenated alkanes) is 4. The molecule has 0 aromatic rings. The molecule has 90 valence electrons. The first-order valence-corrected chi connectivity index (χ1v) is 7.04. The summed E-state index contributed by atoms with van der Waals surface area (Å²) in [5, 5.41) is 0. The summed E-state index contributed by atoms with van der Waals surface area (Å²) in [4.78, 5) is 12.0. The lowest BCUT2D eigenvalue weighted by Crippen LogP contribution is -2.23. The highest BCUT2D eigenvalue weighted by molar-refractivity contribution is 5.98. The van der Waals surface area contributed by atoms with E-state index < -0.39 is 0 Å². The molecule has 2 aliphatic rings. The van der Waals surface area contributed by atoms with Crippen molar-refractivity contribution in [3.8, 4) is 0 Å². The van der Waals surface area contributed by atoms with E-state index >= 15 is 0 Å². The molecule has 1 saturated carbocycles. The molecular formula is C15H24O. The van der Waals surface area contributed by atoms with Gasteiger partial charge in [0.05, 0.1) is 0 Å². The average molecular weight is 220 g/mol. The zero-order valence-electron chi connectivity index (χ0n) is 10.5. The van der Waals surface area contributed by atoms with Gasteiger partial charge in [-0.3, -0.25) is 4.79 Å². The minimum Gasteiger partial charge on any atom is -0.294 e. The van der Waals surface area contributed by atoms with Crippen LogP contribution in [0.5, 0.6) is 0 Å². The predicted molar refractivity (Wildman–Crippen MR) is 67.3 cm³/mol. The maximum Gasteiger partial charge on any atom is 0.161 e. The van der Waals surface area contributed by atoms with E-state index in [1.807, 2.05) is 0 Å².